The summed E-state index contributed by atoms with van der Waals surface area (Å²) in [5.74, 6) is -0.212. The topological polar surface area (TPSA) is 61.4 Å². The maximum absolute atomic E-state index is 12.7. The first-order valence-corrected chi connectivity index (χ1v) is 8.48. The summed E-state index contributed by atoms with van der Waals surface area (Å²) in [6.07, 6.45) is 4.44. The van der Waals surface area contributed by atoms with Gasteiger partial charge in [-0.1, -0.05) is 6.92 Å². The van der Waals surface area contributed by atoms with Crippen LogP contribution in [0.15, 0.2) is 18.2 Å². The van der Waals surface area contributed by atoms with Crippen LogP contribution in [0.2, 0.25) is 0 Å². The monoisotopic (exact) mass is 317 g/mol. The zero-order valence-electron chi connectivity index (χ0n) is 14.3. The smallest absolute Gasteiger partial charge is 0.253 e. The van der Waals surface area contributed by atoms with Gasteiger partial charge >= 0.3 is 0 Å². The lowest BCUT2D eigenvalue weighted by Crippen LogP contribution is -2.35. The second kappa shape index (κ2) is 7.99. The van der Waals surface area contributed by atoms with Crippen LogP contribution in [0.3, 0.4) is 0 Å². The van der Waals surface area contributed by atoms with E-state index in [1.54, 1.807) is 6.07 Å². The van der Waals surface area contributed by atoms with E-state index >= 15 is 0 Å². The molecule has 2 amide bonds. The van der Waals surface area contributed by atoms with Crippen molar-refractivity contribution < 1.29 is 9.59 Å². The Labute approximate surface area is 138 Å². The van der Waals surface area contributed by atoms with E-state index in [1.165, 1.54) is 13.3 Å². The van der Waals surface area contributed by atoms with E-state index in [0.717, 1.165) is 38.0 Å². The molecule has 5 nitrogen and oxygen atoms in total. The van der Waals surface area contributed by atoms with Gasteiger partial charge in [0.1, 0.15) is 0 Å². The van der Waals surface area contributed by atoms with E-state index in [0.29, 0.717) is 11.3 Å². The van der Waals surface area contributed by atoms with Crippen molar-refractivity contribution in [2.75, 3.05) is 23.3 Å². The standard InChI is InChI=1S/C18H27N3O2/c1-4-13(2)19-18(23)16-12-15(20-14(3)22)8-9-17(16)21-10-6-5-7-11-21/h8-9,12-13H,4-7,10-11H2,1-3H3,(H,19,23)(H,20,22)/t13-/m1/s1. The molecule has 0 radical (unpaired) electrons. The van der Waals surface area contributed by atoms with Crippen molar-refractivity contribution in [1.82, 2.24) is 5.32 Å². The van der Waals surface area contributed by atoms with E-state index in [4.69, 9.17) is 0 Å². The highest BCUT2D eigenvalue weighted by atomic mass is 16.2. The molecule has 0 bridgehead atoms. The first-order valence-electron chi connectivity index (χ1n) is 8.48. The van der Waals surface area contributed by atoms with Crippen LogP contribution >= 0.6 is 0 Å². The van der Waals surface area contributed by atoms with Crippen molar-refractivity contribution in [3.8, 4) is 0 Å². The van der Waals surface area contributed by atoms with Gasteiger partial charge in [0.15, 0.2) is 0 Å². The molecule has 2 N–H and O–H groups in total. The fourth-order valence-electron chi connectivity index (χ4n) is 2.81. The molecule has 2 rings (SSSR count). The Morgan fingerprint density at radius 1 is 1.22 bits per heavy atom. The van der Waals surface area contributed by atoms with Crippen LogP contribution < -0.4 is 15.5 Å². The van der Waals surface area contributed by atoms with Gasteiger partial charge in [0, 0.05) is 37.4 Å². The number of nitrogens with zero attached hydrogens (tertiary/aromatic N) is 1. The predicted octanol–water partition coefficient (Wildman–Crippen LogP) is 3.16. The van der Waals surface area contributed by atoms with Crippen molar-refractivity contribution in [3.63, 3.8) is 0 Å². The molecule has 126 valence electrons. The minimum absolute atomic E-state index is 0.0767. The summed E-state index contributed by atoms with van der Waals surface area (Å²) in [5, 5.41) is 5.79. The summed E-state index contributed by atoms with van der Waals surface area (Å²) in [6.45, 7) is 7.46. The van der Waals surface area contributed by atoms with Crippen molar-refractivity contribution in [2.24, 2.45) is 0 Å². The van der Waals surface area contributed by atoms with Gasteiger partial charge in [-0.05, 0) is 50.8 Å². The second-order valence-electron chi connectivity index (χ2n) is 6.24. The van der Waals surface area contributed by atoms with Crippen LogP contribution in [0.25, 0.3) is 0 Å². The molecule has 0 saturated carbocycles. The van der Waals surface area contributed by atoms with Crippen LogP contribution in [-0.4, -0.2) is 30.9 Å². The normalized spacial score (nSPS) is 15.9. The summed E-state index contributed by atoms with van der Waals surface area (Å²) in [6, 6.07) is 5.72. The Bertz CT molecular complexity index is 565. The van der Waals surface area contributed by atoms with E-state index in [-0.39, 0.29) is 17.9 Å². The highest BCUT2D eigenvalue weighted by Gasteiger charge is 2.20. The number of anilines is 2. The second-order valence-corrected chi connectivity index (χ2v) is 6.24. The molecule has 0 unspecified atom stereocenters. The Morgan fingerprint density at radius 3 is 2.52 bits per heavy atom. The average molecular weight is 317 g/mol. The fraction of sp³-hybridized carbons (Fsp3) is 0.556. The van der Waals surface area contributed by atoms with Crippen LogP contribution in [-0.2, 0) is 4.79 Å². The maximum Gasteiger partial charge on any atom is 0.253 e. The average Bonchev–Trinajstić information content (AvgIpc) is 2.54. The molecule has 0 spiro atoms. The molecule has 1 aliphatic heterocycles. The van der Waals surface area contributed by atoms with E-state index in [9.17, 15) is 9.59 Å². The van der Waals surface area contributed by atoms with Gasteiger partial charge in [0.2, 0.25) is 5.91 Å². The summed E-state index contributed by atoms with van der Waals surface area (Å²) in [4.78, 5) is 26.2. The molecule has 1 fully saturated rings. The van der Waals surface area contributed by atoms with E-state index in [2.05, 4.69) is 15.5 Å². The Kier molecular flexibility index (Phi) is 6.02. The largest absolute Gasteiger partial charge is 0.371 e. The van der Waals surface area contributed by atoms with Crippen LogP contribution in [0.1, 0.15) is 56.8 Å². The molecule has 1 aromatic rings. The third kappa shape index (κ3) is 4.71. The van der Waals surface area contributed by atoms with E-state index in [1.807, 2.05) is 26.0 Å². The van der Waals surface area contributed by atoms with E-state index < -0.39 is 0 Å². The first kappa shape index (κ1) is 17.3. The number of amides is 2. The van der Waals surface area contributed by atoms with Crippen LogP contribution in [0, 0.1) is 0 Å². The lowest BCUT2D eigenvalue weighted by atomic mass is 10.1. The molecule has 1 aliphatic rings. The molecule has 0 aliphatic carbocycles. The third-order valence-corrected chi connectivity index (χ3v) is 4.25. The van der Waals surface area contributed by atoms with Gasteiger partial charge in [-0.2, -0.15) is 0 Å². The zero-order chi connectivity index (χ0) is 16.8. The number of piperidine rings is 1. The molecule has 1 heterocycles. The van der Waals surface area contributed by atoms with Gasteiger partial charge in [0.05, 0.1) is 5.56 Å². The van der Waals surface area contributed by atoms with Gasteiger partial charge in [0.25, 0.3) is 5.91 Å². The van der Waals surface area contributed by atoms with Gasteiger partial charge in [-0.3, -0.25) is 9.59 Å². The van der Waals surface area contributed by atoms with Gasteiger partial charge in [-0.15, -0.1) is 0 Å². The molecule has 0 aromatic heterocycles. The Balaban J connectivity index is 2.31. The molecule has 1 atom stereocenters. The zero-order valence-corrected chi connectivity index (χ0v) is 14.3. The Morgan fingerprint density at radius 2 is 1.91 bits per heavy atom. The highest BCUT2D eigenvalue weighted by Crippen LogP contribution is 2.27. The summed E-state index contributed by atoms with van der Waals surface area (Å²) in [5.41, 5.74) is 2.26. The first-order chi connectivity index (χ1) is 11.0. The molecular weight excluding hydrogens is 290 g/mol. The number of carbonyl (C=O) groups is 2. The number of benzene rings is 1. The lowest BCUT2D eigenvalue weighted by Gasteiger charge is -2.30. The number of hydrogen-bond donors (Lipinski definition) is 2. The van der Waals surface area contributed by atoms with Crippen molar-refractivity contribution in [1.29, 1.82) is 0 Å². The quantitative estimate of drug-likeness (QED) is 0.877. The molecule has 1 saturated heterocycles. The summed E-state index contributed by atoms with van der Waals surface area (Å²) >= 11 is 0. The SMILES string of the molecule is CC[C@@H](C)NC(=O)c1cc(NC(C)=O)ccc1N1CCCCC1. The summed E-state index contributed by atoms with van der Waals surface area (Å²) in [7, 11) is 0. The highest BCUT2D eigenvalue weighted by molar-refractivity contribution is 6.02. The minimum atomic E-state index is -0.135. The van der Waals surface area contributed by atoms with Crippen molar-refractivity contribution >= 4 is 23.2 Å². The minimum Gasteiger partial charge on any atom is -0.371 e. The predicted molar refractivity (Wildman–Crippen MR) is 94.0 cm³/mol. The summed E-state index contributed by atoms with van der Waals surface area (Å²) < 4.78 is 0. The molecule has 5 heteroatoms. The lowest BCUT2D eigenvalue weighted by molar-refractivity contribution is -0.114. The van der Waals surface area contributed by atoms with Gasteiger partial charge in [-0.25, -0.2) is 0 Å². The Hall–Kier alpha value is -2.04. The molecular formula is C18H27N3O2. The number of hydrogen-bond acceptors (Lipinski definition) is 3. The van der Waals surface area contributed by atoms with Gasteiger partial charge < -0.3 is 15.5 Å². The molecule has 23 heavy (non-hydrogen) atoms. The van der Waals surface area contributed by atoms with Crippen molar-refractivity contribution in [2.45, 2.75) is 52.5 Å². The number of nitrogens with one attached hydrogen (secondary N) is 2. The van der Waals surface area contributed by atoms with Crippen LogP contribution in [0.4, 0.5) is 11.4 Å². The van der Waals surface area contributed by atoms with Crippen LogP contribution in [0.5, 0.6) is 0 Å². The number of carbonyl (C=O) groups excluding carboxylic acids is 2. The third-order valence-electron chi connectivity index (χ3n) is 4.25. The fourth-order valence-corrected chi connectivity index (χ4v) is 2.81. The maximum atomic E-state index is 12.7. The molecule has 1 aromatic carbocycles. The number of rotatable bonds is 5. The van der Waals surface area contributed by atoms with Crippen molar-refractivity contribution in [3.05, 3.63) is 23.8 Å².